The molecular formula is C21H22N2O8. The average molecular weight is 430 g/mol. The lowest BCUT2D eigenvalue weighted by molar-refractivity contribution is -0.384. The number of nitro groups is 1. The van der Waals surface area contributed by atoms with Crippen molar-refractivity contribution in [3.8, 4) is 11.3 Å². The van der Waals surface area contributed by atoms with Crippen molar-refractivity contribution >= 4 is 23.5 Å². The van der Waals surface area contributed by atoms with Gasteiger partial charge in [0.05, 0.1) is 17.4 Å². The molecule has 31 heavy (non-hydrogen) atoms. The zero-order valence-corrected chi connectivity index (χ0v) is 16.9. The molecule has 0 unspecified atom stereocenters. The number of non-ortho nitro benzene ring substituents is 1. The van der Waals surface area contributed by atoms with Gasteiger partial charge in [0.2, 0.25) is 5.76 Å². The molecule has 0 atom stereocenters. The summed E-state index contributed by atoms with van der Waals surface area (Å²) < 4.78 is 15.5. The third-order valence-electron chi connectivity index (χ3n) is 4.96. The van der Waals surface area contributed by atoms with E-state index in [9.17, 15) is 24.5 Å². The molecule has 1 saturated heterocycles. The summed E-state index contributed by atoms with van der Waals surface area (Å²) in [6, 6.07) is 8.64. The molecule has 0 spiro atoms. The highest BCUT2D eigenvalue weighted by atomic mass is 16.6. The van der Waals surface area contributed by atoms with E-state index in [2.05, 4.69) is 0 Å². The number of nitro benzene ring substituents is 1. The van der Waals surface area contributed by atoms with E-state index in [4.69, 9.17) is 13.9 Å². The van der Waals surface area contributed by atoms with Crippen LogP contribution in [0.3, 0.4) is 0 Å². The molecule has 0 saturated carbocycles. The third-order valence-corrected chi connectivity index (χ3v) is 4.96. The maximum absolute atomic E-state index is 12.3. The highest BCUT2D eigenvalue weighted by Gasteiger charge is 2.28. The predicted molar refractivity (Wildman–Crippen MR) is 107 cm³/mol. The summed E-state index contributed by atoms with van der Waals surface area (Å²) in [4.78, 5) is 48.0. The van der Waals surface area contributed by atoms with E-state index in [0.717, 1.165) is 0 Å². The molecule has 2 aromatic rings. The van der Waals surface area contributed by atoms with Gasteiger partial charge < -0.3 is 18.8 Å². The Morgan fingerprint density at radius 2 is 1.77 bits per heavy atom. The van der Waals surface area contributed by atoms with Gasteiger partial charge in [0.15, 0.2) is 6.61 Å². The molecule has 1 aliphatic rings. The second kappa shape index (κ2) is 9.88. The van der Waals surface area contributed by atoms with E-state index >= 15 is 0 Å². The zero-order valence-electron chi connectivity index (χ0n) is 16.9. The van der Waals surface area contributed by atoms with Crippen molar-refractivity contribution < 1.29 is 33.2 Å². The summed E-state index contributed by atoms with van der Waals surface area (Å²) in [5, 5.41) is 10.7. The molecule has 0 N–H and O–H groups in total. The Morgan fingerprint density at radius 1 is 1.10 bits per heavy atom. The summed E-state index contributed by atoms with van der Waals surface area (Å²) in [6.07, 6.45) is 1.02. The van der Waals surface area contributed by atoms with E-state index in [0.29, 0.717) is 43.9 Å². The summed E-state index contributed by atoms with van der Waals surface area (Å²) in [5.41, 5.74) is 0.505. The minimum absolute atomic E-state index is 0.0558. The monoisotopic (exact) mass is 430 g/mol. The molecule has 10 nitrogen and oxygen atoms in total. The number of carbonyl (C=O) groups is 3. The van der Waals surface area contributed by atoms with Gasteiger partial charge >= 0.3 is 11.9 Å². The lowest BCUT2D eigenvalue weighted by Gasteiger charge is -2.30. The zero-order chi connectivity index (χ0) is 22.4. The van der Waals surface area contributed by atoms with Crippen molar-refractivity contribution in [2.24, 2.45) is 5.92 Å². The summed E-state index contributed by atoms with van der Waals surface area (Å²) in [6.45, 7) is 2.43. The number of furan rings is 1. The van der Waals surface area contributed by atoms with Gasteiger partial charge in [0.25, 0.3) is 11.6 Å². The summed E-state index contributed by atoms with van der Waals surface area (Å²) >= 11 is 0. The van der Waals surface area contributed by atoms with Crippen LogP contribution in [0.4, 0.5) is 5.69 Å². The van der Waals surface area contributed by atoms with Gasteiger partial charge in [-0.15, -0.1) is 0 Å². The predicted octanol–water partition coefficient (Wildman–Crippen LogP) is 2.81. The molecular weight excluding hydrogens is 408 g/mol. The van der Waals surface area contributed by atoms with Crippen molar-refractivity contribution in [3.63, 3.8) is 0 Å². The summed E-state index contributed by atoms with van der Waals surface area (Å²) in [5.74, 6) is -1.34. The first-order valence-corrected chi connectivity index (χ1v) is 9.85. The number of hydrogen-bond donors (Lipinski definition) is 0. The topological polar surface area (TPSA) is 129 Å². The fourth-order valence-corrected chi connectivity index (χ4v) is 3.26. The number of likely N-dealkylation sites (tertiary alicyclic amines) is 1. The van der Waals surface area contributed by atoms with Gasteiger partial charge in [0, 0.05) is 30.8 Å². The molecule has 0 bridgehead atoms. The number of hydrogen-bond acceptors (Lipinski definition) is 8. The quantitative estimate of drug-likeness (QED) is 0.372. The molecule has 164 valence electrons. The van der Waals surface area contributed by atoms with Crippen LogP contribution in [0.5, 0.6) is 0 Å². The minimum Gasteiger partial charge on any atom is -0.466 e. The van der Waals surface area contributed by atoms with Gasteiger partial charge in [-0.25, -0.2) is 4.79 Å². The Labute approximate surface area is 177 Å². The number of rotatable bonds is 7. The molecule has 3 rings (SSSR count). The smallest absolute Gasteiger partial charge is 0.374 e. The van der Waals surface area contributed by atoms with Crippen LogP contribution in [-0.4, -0.2) is 54.0 Å². The number of amides is 1. The maximum atomic E-state index is 12.3. The largest absolute Gasteiger partial charge is 0.466 e. The van der Waals surface area contributed by atoms with Crippen LogP contribution in [-0.2, 0) is 19.1 Å². The Bertz CT molecular complexity index is 958. The van der Waals surface area contributed by atoms with Crippen molar-refractivity contribution in [2.45, 2.75) is 19.8 Å². The standard InChI is InChI=1S/C21H22N2O8/c1-2-29-20(25)15-9-11-22(12-10-15)19(24)13-30-21(26)18-8-7-17(31-18)14-3-5-16(6-4-14)23(27)28/h3-8,15H,2,9-13H2,1H3. The Hall–Kier alpha value is -3.69. The Kier molecular flexibility index (Phi) is 7.01. The first kappa shape index (κ1) is 22.0. The Morgan fingerprint density at radius 3 is 2.39 bits per heavy atom. The lowest BCUT2D eigenvalue weighted by atomic mass is 9.97. The van der Waals surface area contributed by atoms with Crippen molar-refractivity contribution in [1.29, 1.82) is 0 Å². The average Bonchev–Trinajstić information content (AvgIpc) is 3.28. The lowest BCUT2D eigenvalue weighted by Crippen LogP contribution is -2.42. The molecule has 0 radical (unpaired) electrons. The SMILES string of the molecule is CCOC(=O)C1CCN(C(=O)COC(=O)c2ccc(-c3ccc([N+](=O)[O-])cc3)o2)CC1. The first-order valence-electron chi connectivity index (χ1n) is 9.85. The third kappa shape index (κ3) is 5.47. The molecule has 10 heteroatoms. The second-order valence-electron chi connectivity index (χ2n) is 6.95. The molecule has 1 fully saturated rings. The second-order valence-corrected chi connectivity index (χ2v) is 6.95. The van der Waals surface area contributed by atoms with E-state index in [1.54, 1.807) is 17.9 Å². The van der Waals surface area contributed by atoms with Gasteiger partial charge in [-0.05, 0) is 44.0 Å². The van der Waals surface area contributed by atoms with Crippen LogP contribution in [0, 0.1) is 16.0 Å². The summed E-state index contributed by atoms with van der Waals surface area (Å²) in [7, 11) is 0. The van der Waals surface area contributed by atoms with Crippen molar-refractivity contribution in [2.75, 3.05) is 26.3 Å². The molecule has 1 aromatic carbocycles. The van der Waals surface area contributed by atoms with Crippen molar-refractivity contribution in [3.05, 3.63) is 52.3 Å². The van der Waals surface area contributed by atoms with Gasteiger partial charge in [-0.2, -0.15) is 0 Å². The number of nitrogens with zero attached hydrogens (tertiary/aromatic N) is 2. The number of benzene rings is 1. The number of ether oxygens (including phenoxy) is 2. The fraction of sp³-hybridized carbons (Fsp3) is 0.381. The number of carbonyl (C=O) groups excluding carboxylic acids is 3. The normalized spacial score (nSPS) is 14.2. The van der Waals surface area contributed by atoms with Crippen LogP contribution in [0.2, 0.25) is 0 Å². The molecule has 0 aliphatic carbocycles. The highest BCUT2D eigenvalue weighted by Crippen LogP contribution is 2.25. The number of piperidine rings is 1. The van der Waals surface area contributed by atoms with E-state index < -0.39 is 17.5 Å². The minimum atomic E-state index is -0.789. The van der Waals surface area contributed by atoms with Gasteiger partial charge in [-0.3, -0.25) is 19.7 Å². The van der Waals surface area contributed by atoms with Crippen LogP contribution in [0.15, 0.2) is 40.8 Å². The van der Waals surface area contributed by atoms with Gasteiger partial charge in [0.1, 0.15) is 5.76 Å². The number of esters is 2. The molecule has 1 aliphatic heterocycles. The molecule has 1 aromatic heterocycles. The van der Waals surface area contributed by atoms with Gasteiger partial charge in [-0.1, -0.05) is 0 Å². The molecule has 2 heterocycles. The van der Waals surface area contributed by atoms with E-state index in [-0.39, 0.29) is 29.2 Å². The first-order chi connectivity index (χ1) is 14.9. The highest BCUT2D eigenvalue weighted by molar-refractivity contribution is 5.89. The van der Waals surface area contributed by atoms with Crippen LogP contribution < -0.4 is 0 Å². The van der Waals surface area contributed by atoms with E-state index in [1.165, 1.54) is 30.3 Å². The Balaban J connectivity index is 1.49. The van der Waals surface area contributed by atoms with E-state index in [1.807, 2.05) is 0 Å². The van der Waals surface area contributed by atoms with Crippen LogP contribution >= 0.6 is 0 Å². The van der Waals surface area contributed by atoms with Crippen LogP contribution in [0.25, 0.3) is 11.3 Å². The maximum Gasteiger partial charge on any atom is 0.374 e. The van der Waals surface area contributed by atoms with Crippen molar-refractivity contribution in [1.82, 2.24) is 4.90 Å². The fourth-order valence-electron chi connectivity index (χ4n) is 3.26. The van der Waals surface area contributed by atoms with Crippen LogP contribution in [0.1, 0.15) is 30.3 Å². The molecule has 1 amide bonds.